The van der Waals surface area contributed by atoms with E-state index in [0.29, 0.717) is 18.7 Å². The van der Waals surface area contributed by atoms with Crippen LogP contribution in [-0.2, 0) is 21.2 Å². The number of hydrogen-bond donors (Lipinski definition) is 2. The van der Waals surface area contributed by atoms with Crippen LogP contribution in [0.5, 0.6) is 0 Å². The van der Waals surface area contributed by atoms with Crippen molar-refractivity contribution < 1.29 is 13.2 Å². The monoisotopic (exact) mass is 333 g/mol. The Morgan fingerprint density at radius 2 is 1.83 bits per heavy atom. The molecule has 0 aliphatic heterocycles. The third-order valence-electron chi connectivity index (χ3n) is 3.30. The number of rotatable bonds is 6. The molecule has 2 rings (SSSR count). The predicted molar refractivity (Wildman–Crippen MR) is 88.6 cm³/mol. The molecule has 0 fully saturated rings. The molecule has 1 heterocycles. The molecule has 0 atom stereocenters. The van der Waals surface area contributed by atoms with Gasteiger partial charge in [0.2, 0.25) is 15.9 Å². The first-order chi connectivity index (χ1) is 10.9. The number of aromatic nitrogens is 1. The maximum absolute atomic E-state index is 11.9. The van der Waals surface area contributed by atoms with E-state index in [4.69, 9.17) is 0 Å². The summed E-state index contributed by atoms with van der Waals surface area (Å²) >= 11 is 0. The van der Waals surface area contributed by atoms with E-state index in [1.807, 2.05) is 19.1 Å². The number of aryl methyl sites for hydroxylation is 2. The molecule has 0 saturated carbocycles. The number of sulfonamides is 1. The number of benzene rings is 1. The highest BCUT2D eigenvalue weighted by molar-refractivity contribution is 7.89. The summed E-state index contributed by atoms with van der Waals surface area (Å²) in [6.07, 6.45) is 0.825. The number of nitrogens with one attached hydrogen (secondary N) is 2. The summed E-state index contributed by atoms with van der Waals surface area (Å²) in [6, 6.07) is 11.9. The molecule has 0 saturated heterocycles. The topological polar surface area (TPSA) is 88.2 Å². The van der Waals surface area contributed by atoms with Crippen molar-refractivity contribution in [3.05, 3.63) is 53.7 Å². The largest absolute Gasteiger partial charge is 0.311 e. The highest BCUT2D eigenvalue weighted by atomic mass is 32.2. The first-order valence-corrected chi connectivity index (χ1v) is 8.65. The van der Waals surface area contributed by atoms with Crippen molar-refractivity contribution in [2.24, 2.45) is 0 Å². The van der Waals surface area contributed by atoms with Gasteiger partial charge in [0.05, 0.1) is 4.90 Å². The van der Waals surface area contributed by atoms with Crippen molar-refractivity contribution in [3.8, 4) is 0 Å². The number of amides is 1. The van der Waals surface area contributed by atoms with Crippen molar-refractivity contribution >= 4 is 21.7 Å². The smallest absolute Gasteiger partial charge is 0.240 e. The summed E-state index contributed by atoms with van der Waals surface area (Å²) in [7, 11) is -2.06. The van der Waals surface area contributed by atoms with Crippen molar-refractivity contribution in [2.75, 3.05) is 12.4 Å². The minimum absolute atomic E-state index is 0.130. The molecule has 7 heteroatoms. The average molecular weight is 333 g/mol. The number of hydrogen-bond acceptors (Lipinski definition) is 4. The molecule has 0 radical (unpaired) electrons. The molecule has 1 amide bonds. The van der Waals surface area contributed by atoms with Gasteiger partial charge in [-0.1, -0.05) is 18.2 Å². The quantitative estimate of drug-likeness (QED) is 0.845. The number of nitrogens with zero attached hydrogens (tertiary/aromatic N) is 1. The lowest BCUT2D eigenvalue weighted by molar-refractivity contribution is -0.116. The lowest BCUT2D eigenvalue weighted by atomic mass is 10.1. The zero-order valence-electron chi connectivity index (χ0n) is 13.0. The summed E-state index contributed by atoms with van der Waals surface area (Å²) in [5.41, 5.74) is 1.73. The van der Waals surface area contributed by atoms with Crippen molar-refractivity contribution in [1.29, 1.82) is 0 Å². The second kappa shape index (κ2) is 7.34. The standard InChI is InChI=1S/C16H19N3O3S/c1-12-4-3-5-15(18-12)19-16(20)11-8-13-6-9-14(10-7-13)23(21,22)17-2/h3-7,9-10,17H,8,11H2,1-2H3,(H,18,19,20). The van der Waals surface area contributed by atoms with Gasteiger partial charge in [-0.2, -0.15) is 0 Å². The Hall–Kier alpha value is -2.25. The van der Waals surface area contributed by atoms with Crippen LogP contribution in [0.2, 0.25) is 0 Å². The molecule has 1 aromatic carbocycles. The van der Waals surface area contributed by atoms with E-state index < -0.39 is 10.0 Å². The molecule has 0 aliphatic rings. The summed E-state index contributed by atoms with van der Waals surface area (Å²) in [5, 5.41) is 2.74. The zero-order valence-corrected chi connectivity index (χ0v) is 13.9. The third kappa shape index (κ3) is 4.87. The molecule has 6 nitrogen and oxygen atoms in total. The lowest BCUT2D eigenvalue weighted by Crippen LogP contribution is -2.18. The van der Waals surface area contributed by atoms with Gasteiger partial charge in [-0.25, -0.2) is 18.1 Å². The van der Waals surface area contributed by atoms with Crippen LogP contribution in [0.4, 0.5) is 5.82 Å². The first-order valence-electron chi connectivity index (χ1n) is 7.17. The highest BCUT2D eigenvalue weighted by Crippen LogP contribution is 2.12. The van der Waals surface area contributed by atoms with E-state index in [1.165, 1.54) is 19.2 Å². The van der Waals surface area contributed by atoms with E-state index in [-0.39, 0.29) is 10.8 Å². The van der Waals surface area contributed by atoms with Gasteiger partial charge in [-0.3, -0.25) is 4.79 Å². The van der Waals surface area contributed by atoms with E-state index in [9.17, 15) is 13.2 Å². The molecule has 23 heavy (non-hydrogen) atoms. The Kier molecular flexibility index (Phi) is 5.46. The summed E-state index contributed by atoms with van der Waals surface area (Å²) < 4.78 is 25.5. The van der Waals surface area contributed by atoms with Crippen LogP contribution in [0.1, 0.15) is 17.7 Å². The highest BCUT2D eigenvalue weighted by Gasteiger charge is 2.11. The van der Waals surface area contributed by atoms with Crippen molar-refractivity contribution in [2.45, 2.75) is 24.7 Å². The fourth-order valence-electron chi connectivity index (χ4n) is 2.03. The zero-order chi connectivity index (χ0) is 16.9. The van der Waals surface area contributed by atoms with Crippen LogP contribution < -0.4 is 10.0 Å². The van der Waals surface area contributed by atoms with Crippen LogP contribution in [-0.4, -0.2) is 26.4 Å². The normalized spacial score (nSPS) is 11.2. The second-order valence-electron chi connectivity index (χ2n) is 5.06. The van der Waals surface area contributed by atoms with Crippen LogP contribution >= 0.6 is 0 Å². The maximum atomic E-state index is 11.9. The third-order valence-corrected chi connectivity index (χ3v) is 4.73. The Morgan fingerprint density at radius 3 is 2.43 bits per heavy atom. The SMILES string of the molecule is CNS(=O)(=O)c1ccc(CCC(=O)Nc2cccc(C)n2)cc1. The Labute approximate surface area is 136 Å². The van der Waals surface area contributed by atoms with E-state index in [2.05, 4.69) is 15.0 Å². The van der Waals surface area contributed by atoms with Gasteiger partial charge in [0.15, 0.2) is 0 Å². The molecule has 0 bridgehead atoms. The van der Waals surface area contributed by atoms with E-state index in [0.717, 1.165) is 11.3 Å². The number of carbonyl (C=O) groups is 1. The molecule has 0 spiro atoms. The Balaban J connectivity index is 1.92. The Bertz CT molecular complexity index is 786. The molecule has 2 N–H and O–H groups in total. The molecular formula is C16H19N3O3S. The molecular weight excluding hydrogens is 314 g/mol. The van der Waals surface area contributed by atoms with Gasteiger partial charge in [-0.05, 0) is 50.2 Å². The van der Waals surface area contributed by atoms with Crippen LogP contribution in [0.15, 0.2) is 47.4 Å². The fourth-order valence-corrected chi connectivity index (χ4v) is 2.76. The lowest BCUT2D eigenvalue weighted by Gasteiger charge is -2.06. The minimum atomic E-state index is -3.43. The van der Waals surface area contributed by atoms with Gasteiger partial charge < -0.3 is 5.32 Å². The minimum Gasteiger partial charge on any atom is -0.311 e. The summed E-state index contributed by atoms with van der Waals surface area (Å²) in [5.74, 6) is 0.403. The van der Waals surface area contributed by atoms with Crippen LogP contribution in [0.25, 0.3) is 0 Å². The molecule has 0 unspecified atom stereocenters. The van der Waals surface area contributed by atoms with Crippen molar-refractivity contribution in [3.63, 3.8) is 0 Å². The predicted octanol–water partition coefficient (Wildman–Crippen LogP) is 1.87. The summed E-state index contributed by atoms with van der Waals surface area (Å²) in [4.78, 5) is 16.3. The van der Waals surface area contributed by atoms with E-state index >= 15 is 0 Å². The first kappa shape index (κ1) is 17.1. The second-order valence-corrected chi connectivity index (χ2v) is 6.95. The Morgan fingerprint density at radius 1 is 1.13 bits per heavy atom. The average Bonchev–Trinajstić information content (AvgIpc) is 2.53. The molecule has 0 aliphatic carbocycles. The number of carbonyl (C=O) groups excluding carboxylic acids is 1. The van der Waals surface area contributed by atoms with E-state index in [1.54, 1.807) is 18.2 Å². The summed E-state index contributed by atoms with van der Waals surface area (Å²) in [6.45, 7) is 1.86. The van der Waals surface area contributed by atoms with Gasteiger partial charge >= 0.3 is 0 Å². The molecule has 1 aromatic heterocycles. The molecule has 122 valence electrons. The van der Waals surface area contributed by atoms with Gasteiger partial charge in [0.1, 0.15) is 5.82 Å². The maximum Gasteiger partial charge on any atom is 0.240 e. The molecule has 2 aromatic rings. The van der Waals surface area contributed by atoms with Crippen molar-refractivity contribution in [1.82, 2.24) is 9.71 Å². The number of pyridine rings is 1. The number of anilines is 1. The van der Waals surface area contributed by atoms with Gasteiger partial charge in [0.25, 0.3) is 0 Å². The van der Waals surface area contributed by atoms with Crippen LogP contribution in [0, 0.1) is 6.92 Å². The fraction of sp³-hybridized carbons (Fsp3) is 0.250. The van der Waals surface area contributed by atoms with Crippen LogP contribution in [0.3, 0.4) is 0 Å². The van der Waals surface area contributed by atoms with Gasteiger partial charge in [0, 0.05) is 12.1 Å². The van der Waals surface area contributed by atoms with Gasteiger partial charge in [-0.15, -0.1) is 0 Å².